The van der Waals surface area contributed by atoms with Crippen molar-refractivity contribution in [2.75, 3.05) is 30.0 Å². The summed E-state index contributed by atoms with van der Waals surface area (Å²) in [6, 6.07) is 20.1. The number of ether oxygens (including phenoxy) is 1. The van der Waals surface area contributed by atoms with Crippen molar-refractivity contribution in [3.8, 4) is 0 Å². The molecular formula is C26H29Cl3N2O3. The lowest BCUT2D eigenvalue weighted by atomic mass is 10.1. The van der Waals surface area contributed by atoms with E-state index in [1.54, 1.807) is 72.8 Å². The van der Waals surface area contributed by atoms with Crippen LogP contribution in [0.15, 0.2) is 72.8 Å². The fourth-order valence-corrected chi connectivity index (χ4v) is 3.46. The van der Waals surface area contributed by atoms with Gasteiger partial charge in [-0.2, -0.15) is 0 Å². The number of carbonyl (C=O) groups excluding carboxylic acids is 1. The van der Waals surface area contributed by atoms with E-state index in [-0.39, 0.29) is 6.54 Å². The number of halogens is 3. The van der Waals surface area contributed by atoms with Gasteiger partial charge in [0.15, 0.2) is 0 Å². The van der Waals surface area contributed by atoms with Gasteiger partial charge in [-0.25, -0.2) is 4.79 Å². The number of urea groups is 1. The van der Waals surface area contributed by atoms with Crippen LogP contribution in [0.25, 0.3) is 0 Å². The Balaban J connectivity index is 0.000000604. The molecule has 0 heterocycles. The molecule has 3 aromatic rings. The number of benzene rings is 3. The smallest absolute Gasteiger partial charge is 0.326 e. The number of carbonyl (C=O) groups is 1. The highest BCUT2D eigenvalue weighted by atomic mass is 35.5. The van der Waals surface area contributed by atoms with Gasteiger partial charge in [-0.1, -0.05) is 59.9 Å². The van der Waals surface area contributed by atoms with Gasteiger partial charge in [-0.05, 0) is 73.5 Å². The number of aliphatic hydroxyl groups is 1. The maximum atomic E-state index is 12.9. The highest BCUT2D eigenvalue weighted by molar-refractivity contribution is 6.31. The van der Waals surface area contributed by atoms with Gasteiger partial charge >= 0.3 is 6.03 Å². The average molecular weight is 524 g/mol. The number of nitrogens with one attached hydrogen (secondary N) is 1. The Morgan fingerprint density at radius 3 is 2.15 bits per heavy atom. The van der Waals surface area contributed by atoms with Gasteiger partial charge in [0.1, 0.15) is 0 Å². The number of hydrogen-bond donors (Lipinski definition) is 2. The SMILES string of the molecule is CCCOCC.O=C(Nc1ccc(Cl)cc1)N(CC(O)c1cccc(Cl)c1)c1cccc(Cl)c1. The molecule has 182 valence electrons. The summed E-state index contributed by atoms with van der Waals surface area (Å²) in [4.78, 5) is 14.4. The molecule has 2 amide bonds. The van der Waals surface area contributed by atoms with Gasteiger partial charge in [0.25, 0.3) is 0 Å². The quantitative estimate of drug-likeness (QED) is 0.295. The molecule has 0 aliphatic carbocycles. The Morgan fingerprint density at radius 2 is 1.59 bits per heavy atom. The number of amides is 2. The molecule has 0 radical (unpaired) electrons. The van der Waals surface area contributed by atoms with E-state index in [0.29, 0.717) is 32.0 Å². The molecular weight excluding hydrogens is 495 g/mol. The zero-order valence-corrected chi connectivity index (χ0v) is 21.4. The van der Waals surface area contributed by atoms with Crippen LogP contribution in [-0.4, -0.2) is 30.9 Å². The molecule has 0 aliphatic heterocycles. The van der Waals surface area contributed by atoms with Gasteiger partial charge in [-0.3, -0.25) is 4.90 Å². The van der Waals surface area contributed by atoms with E-state index in [9.17, 15) is 9.90 Å². The number of nitrogens with zero attached hydrogens (tertiary/aromatic N) is 1. The minimum Gasteiger partial charge on any atom is -0.387 e. The lowest BCUT2D eigenvalue weighted by Gasteiger charge is -2.26. The van der Waals surface area contributed by atoms with Crippen molar-refractivity contribution in [1.82, 2.24) is 0 Å². The third-order valence-electron chi connectivity index (χ3n) is 4.60. The van der Waals surface area contributed by atoms with E-state index in [2.05, 4.69) is 12.2 Å². The third kappa shape index (κ3) is 9.53. The largest absolute Gasteiger partial charge is 0.387 e. The fourth-order valence-electron chi connectivity index (χ4n) is 2.95. The Labute approximate surface area is 216 Å². The molecule has 0 spiro atoms. The van der Waals surface area contributed by atoms with Crippen LogP contribution in [0.1, 0.15) is 31.9 Å². The van der Waals surface area contributed by atoms with E-state index in [1.165, 1.54) is 4.90 Å². The summed E-state index contributed by atoms with van der Waals surface area (Å²) in [7, 11) is 0. The molecule has 5 nitrogen and oxygen atoms in total. The summed E-state index contributed by atoms with van der Waals surface area (Å²) >= 11 is 18.0. The monoisotopic (exact) mass is 522 g/mol. The van der Waals surface area contributed by atoms with Gasteiger partial charge in [0, 0.05) is 39.7 Å². The molecule has 2 N–H and O–H groups in total. The highest BCUT2D eigenvalue weighted by Crippen LogP contribution is 2.25. The summed E-state index contributed by atoms with van der Waals surface area (Å²) in [5, 5.41) is 15.0. The van der Waals surface area contributed by atoms with Crippen LogP contribution in [-0.2, 0) is 4.74 Å². The molecule has 3 aromatic carbocycles. The fraction of sp³-hybridized carbons (Fsp3) is 0.269. The van der Waals surface area contributed by atoms with Crippen LogP contribution in [0.3, 0.4) is 0 Å². The molecule has 0 saturated heterocycles. The van der Waals surface area contributed by atoms with Crippen LogP contribution >= 0.6 is 34.8 Å². The minimum absolute atomic E-state index is 0.0140. The van der Waals surface area contributed by atoms with Crippen molar-refractivity contribution in [1.29, 1.82) is 0 Å². The van der Waals surface area contributed by atoms with Crippen molar-refractivity contribution in [2.24, 2.45) is 0 Å². The van der Waals surface area contributed by atoms with Gasteiger partial charge in [0.2, 0.25) is 0 Å². The Morgan fingerprint density at radius 1 is 0.941 bits per heavy atom. The van der Waals surface area contributed by atoms with E-state index >= 15 is 0 Å². The van der Waals surface area contributed by atoms with Gasteiger partial charge in [0.05, 0.1) is 12.6 Å². The summed E-state index contributed by atoms with van der Waals surface area (Å²) in [5.74, 6) is 0. The summed E-state index contributed by atoms with van der Waals surface area (Å²) in [6.07, 6.45) is 0.196. The second-order valence-electron chi connectivity index (χ2n) is 7.30. The van der Waals surface area contributed by atoms with Crippen molar-refractivity contribution < 1.29 is 14.6 Å². The van der Waals surface area contributed by atoms with Crippen LogP contribution in [0, 0.1) is 0 Å². The second kappa shape index (κ2) is 14.9. The molecule has 0 fully saturated rings. The number of rotatable bonds is 8. The van der Waals surface area contributed by atoms with Crippen LogP contribution in [0.2, 0.25) is 15.1 Å². The van der Waals surface area contributed by atoms with E-state index < -0.39 is 12.1 Å². The zero-order valence-electron chi connectivity index (χ0n) is 19.2. The molecule has 0 saturated carbocycles. The van der Waals surface area contributed by atoms with Crippen LogP contribution in [0.5, 0.6) is 0 Å². The zero-order chi connectivity index (χ0) is 24.9. The first kappa shape index (κ1) is 28.0. The Bertz CT molecular complexity index is 1030. The maximum Gasteiger partial charge on any atom is 0.326 e. The molecule has 34 heavy (non-hydrogen) atoms. The maximum absolute atomic E-state index is 12.9. The standard InChI is InChI=1S/C21H17Cl3N2O2.C5H12O/c22-15-7-9-18(10-8-15)25-21(28)26(19-6-2-5-17(24)12-19)13-20(27)14-3-1-4-16(23)11-14;1-3-5-6-4-2/h1-12,20,27H,13H2,(H,25,28);3-5H2,1-2H3. The summed E-state index contributed by atoms with van der Waals surface area (Å²) < 4.78 is 4.98. The molecule has 0 bridgehead atoms. The summed E-state index contributed by atoms with van der Waals surface area (Å²) in [5.41, 5.74) is 1.75. The first-order chi connectivity index (χ1) is 16.3. The van der Waals surface area contributed by atoms with Crippen molar-refractivity contribution >= 4 is 52.2 Å². The molecule has 0 aromatic heterocycles. The van der Waals surface area contributed by atoms with Gasteiger partial charge < -0.3 is 15.2 Å². The third-order valence-corrected chi connectivity index (χ3v) is 5.32. The Kier molecular flexibility index (Phi) is 12.2. The first-order valence-electron chi connectivity index (χ1n) is 10.9. The van der Waals surface area contributed by atoms with Crippen LogP contribution < -0.4 is 10.2 Å². The molecule has 8 heteroatoms. The van der Waals surface area contributed by atoms with Crippen molar-refractivity contribution in [2.45, 2.75) is 26.4 Å². The van der Waals surface area contributed by atoms with E-state index in [1.807, 2.05) is 6.92 Å². The molecule has 1 atom stereocenters. The van der Waals surface area contributed by atoms with Crippen molar-refractivity contribution in [3.05, 3.63) is 93.4 Å². The number of anilines is 2. The Hall–Kier alpha value is -2.28. The van der Waals surface area contributed by atoms with Gasteiger partial charge in [-0.15, -0.1) is 0 Å². The predicted molar refractivity (Wildman–Crippen MR) is 142 cm³/mol. The molecule has 0 aliphatic rings. The highest BCUT2D eigenvalue weighted by Gasteiger charge is 2.21. The van der Waals surface area contributed by atoms with E-state index in [0.717, 1.165) is 19.6 Å². The number of aliphatic hydroxyl groups excluding tert-OH is 1. The second-order valence-corrected chi connectivity index (χ2v) is 8.60. The summed E-state index contributed by atoms with van der Waals surface area (Å²) in [6.45, 7) is 5.90. The first-order valence-corrected chi connectivity index (χ1v) is 12.1. The van der Waals surface area contributed by atoms with Crippen molar-refractivity contribution in [3.63, 3.8) is 0 Å². The lowest BCUT2D eigenvalue weighted by Crippen LogP contribution is -2.38. The van der Waals surface area contributed by atoms with Crippen LogP contribution in [0.4, 0.5) is 16.2 Å². The number of hydrogen-bond acceptors (Lipinski definition) is 3. The van der Waals surface area contributed by atoms with E-state index in [4.69, 9.17) is 39.5 Å². The predicted octanol–water partition coefficient (Wildman–Crippen LogP) is 7.85. The molecule has 1 unspecified atom stereocenters. The normalized spacial score (nSPS) is 11.2. The lowest BCUT2D eigenvalue weighted by molar-refractivity contribution is 0.148. The molecule has 3 rings (SSSR count). The topological polar surface area (TPSA) is 61.8 Å². The minimum atomic E-state index is -0.936. The average Bonchev–Trinajstić information content (AvgIpc) is 2.82.